The van der Waals surface area contributed by atoms with Crippen LogP contribution in [-0.4, -0.2) is 15.0 Å². The van der Waals surface area contributed by atoms with Crippen molar-refractivity contribution in [1.82, 2.24) is 0 Å². The molecular weight excluding hydrogens is 341 g/mol. The van der Waals surface area contributed by atoms with Crippen LogP contribution in [0.1, 0.15) is 6.92 Å². The van der Waals surface area contributed by atoms with Gasteiger partial charge in [-0.1, -0.05) is 23.2 Å². The summed E-state index contributed by atoms with van der Waals surface area (Å²) >= 11 is 12.4. The molecular formula is C12H11Cl2NO3S2. The van der Waals surface area contributed by atoms with Crippen LogP contribution in [0.4, 0.5) is 5.69 Å². The van der Waals surface area contributed by atoms with Gasteiger partial charge in [0.2, 0.25) is 0 Å². The Bertz CT molecular complexity index is 676. The van der Waals surface area contributed by atoms with Crippen LogP contribution >= 0.6 is 34.5 Å². The van der Waals surface area contributed by atoms with E-state index in [9.17, 15) is 8.42 Å². The zero-order valence-electron chi connectivity index (χ0n) is 10.4. The third-order valence-electron chi connectivity index (χ3n) is 2.30. The number of nitrogens with one attached hydrogen (secondary N) is 1. The number of halogens is 2. The van der Waals surface area contributed by atoms with E-state index < -0.39 is 10.0 Å². The summed E-state index contributed by atoms with van der Waals surface area (Å²) < 4.78 is 32.3. The lowest BCUT2D eigenvalue weighted by molar-refractivity contribution is 0.340. The maximum absolute atomic E-state index is 12.1. The Kier molecular flexibility index (Phi) is 4.80. The molecule has 0 aliphatic rings. The number of rotatable bonds is 5. The molecule has 0 fully saturated rings. The van der Waals surface area contributed by atoms with Crippen LogP contribution < -0.4 is 9.46 Å². The highest BCUT2D eigenvalue weighted by Gasteiger charge is 2.19. The molecule has 0 aliphatic heterocycles. The molecule has 0 amide bonds. The molecule has 0 unspecified atom stereocenters. The second kappa shape index (κ2) is 6.22. The minimum Gasteiger partial charge on any atom is -0.494 e. The zero-order valence-corrected chi connectivity index (χ0v) is 13.5. The van der Waals surface area contributed by atoms with Crippen molar-refractivity contribution in [2.45, 2.75) is 11.1 Å². The zero-order chi connectivity index (χ0) is 14.8. The number of benzene rings is 1. The first-order valence-electron chi connectivity index (χ1n) is 5.63. The quantitative estimate of drug-likeness (QED) is 0.875. The van der Waals surface area contributed by atoms with E-state index in [0.29, 0.717) is 18.0 Å². The fraction of sp³-hybridized carbons (Fsp3) is 0.167. The Morgan fingerprint density at radius 1 is 1.25 bits per heavy atom. The Hall–Kier alpha value is -0.950. The van der Waals surface area contributed by atoms with Gasteiger partial charge in [0.15, 0.2) is 0 Å². The summed E-state index contributed by atoms with van der Waals surface area (Å²) in [5.74, 6) is 0.678. The van der Waals surface area contributed by atoms with Crippen LogP contribution in [0.3, 0.4) is 0 Å². The van der Waals surface area contributed by atoms with Crippen LogP contribution in [-0.2, 0) is 10.0 Å². The van der Waals surface area contributed by atoms with E-state index >= 15 is 0 Å². The molecule has 2 rings (SSSR count). The standard InChI is InChI=1S/C12H11Cl2NO3S2/c1-2-18-9-5-3-8(4-6-9)15-20(16,17)11-7-10(13)12(14)19-11/h3-7,15H,2H2,1H3. The molecule has 0 saturated heterocycles. The number of thiophene rings is 1. The minimum atomic E-state index is -3.68. The van der Waals surface area contributed by atoms with E-state index in [2.05, 4.69) is 4.72 Å². The fourth-order valence-electron chi connectivity index (χ4n) is 1.45. The van der Waals surface area contributed by atoms with Crippen molar-refractivity contribution in [2.75, 3.05) is 11.3 Å². The number of sulfonamides is 1. The van der Waals surface area contributed by atoms with Crippen molar-refractivity contribution < 1.29 is 13.2 Å². The molecule has 108 valence electrons. The molecule has 1 N–H and O–H groups in total. The van der Waals surface area contributed by atoms with Crippen LogP contribution in [0.2, 0.25) is 9.36 Å². The Morgan fingerprint density at radius 3 is 2.40 bits per heavy atom. The smallest absolute Gasteiger partial charge is 0.271 e. The normalized spacial score (nSPS) is 11.3. The summed E-state index contributed by atoms with van der Waals surface area (Å²) in [4.78, 5) is 0. The summed E-state index contributed by atoms with van der Waals surface area (Å²) in [5, 5.41) is 0.226. The second-order valence-corrected chi connectivity index (χ2v) is 7.72. The molecule has 0 bridgehead atoms. The van der Waals surface area contributed by atoms with Gasteiger partial charge in [0.1, 0.15) is 14.3 Å². The topological polar surface area (TPSA) is 55.4 Å². The van der Waals surface area contributed by atoms with Gasteiger partial charge in [0.05, 0.1) is 11.6 Å². The van der Waals surface area contributed by atoms with E-state index in [0.717, 1.165) is 11.3 Å². The molecule has 0 spiro atoms. The lowest BCUT2D eigenvalue weighted by Crippen LogP contribution is -2.11. The molecule has 2 aromatic rings. The predicted molar refractivity (Wildman–Crippen MR) is 82.8 cm³/mol. The van der Waals surface area contributed by atoms with Crippen molar-refractivity contribution in [1.29, 1.82) is 0 Å². The van der Waals surface area contributed by atoms with Crippen LogP contribution in [0, 0.1) is 0 Å². The van der Waals surface area contributed by atoms with E-state index in [1.807, 2.05) is 6.92 Å². The first kappa shape index (κ1) is 15.4. The second-order valence-electron chi connectivity index (χ2n) is 3.75. The molecule has 20 heavy (non-hydrogen) atoms. The maximum atomic E-state index is 12.1. The van der Waals surface area contributed by atoms with E-state index in [1.165, 1.54) is 6.07 Å². The largest absolute Gasteiger partial charge is 0.494 e. The minimum absolute atomic E-state index is 0.0707. The van der Waals surface area contributed by atoms with Gasteiger partial charge < -0.3 is 4.74 Å². The monoisotopic (exact) mass is 351 g/mol. The van der Waals surface area contributed by atoms with Gasteiger partial charge in [0, 0.05) is 5.69 Å². The lowest BCUT2D eigenvalue weighted by atomic mass is 10.3. The number of anilines is 1. The van der Waals surface area contributed by atoms with Crippen LogP contribution in [0.25, 0.3) is 0 Å². The lowest BCUT2D eigenvalue weighted by Gasteiger charge is -2.07. The van der Waals surface area contributed by atoms with Gasteiger partial charge in [-0.25, -0.2) is 8.42 Å². The molecule has 8 heteroatoms. The summed E-state index contributed by atoms with van der Waals surface area (Å²) in [6.45, 7) is 2.43. The van der Waals surface area contributed by atoms with Gasteiger partial charge in [-0.05, 0) is 37.3 Å². The maximum Gasteiger partial charge on any atom is 0.271 e. The van der Waals surface area contributed by atoms with Gasteiger partial charge in [-0.3, -0.25) is 4.72 Å². The van der Waals surface area contributed by atoms with Crippen LogP contribution in [0.5, 0.6) is 5.75 Å². The average molecular weight is 352 g/mol. The molecule has 1 aromatic carbocycles. The Balaban J connectivity index is 2.19. The molecule has 1 aromatic heterocycles. The van der Waals surface area contributed by atoms with E-state index in [4.69, 9.17) is 27.9 Å². The predicted octanol–water partition coefficient (Wildman–Crippen LogP) is 4.25. The molecule has 1 heterocycles. The first-order chi connectivity index (χ1) is 9.42. The van der Waals surface area contributed by atoms with Gasteiger partial charge in [-0.2, -0.15) is 0 Å². The van der Waals surface area contributed by atoms with Crippen molar-refractivity contribution in [3.05, 3.63) is 39.7 Å². The average Bonchev–Trinajstić information content (AvgIpc) is 2.73. The summed E-state index contributed by atoms with van der Waals surface area (Å²) in [7, 11) is -3.68. The highest BCUT2D eigenvalue weighted by Crippen LogP contribution is 2.35. The van der Waals surface area contributed by atoms with Crippen molar-refractivity contribution in [2.24, 2.45) is 0 Å². The number of hydrogen-bond acceptors (Lipinski definition) is 4. The van der Waals surface area contributed by atoms with Gasteiger partial charge in [0.25, 0.3) is 10.0 Å². The highest BCUT2D eigenvalue weighted by atomic mass is 35.5. The van der Waals surface area contributed by atoms with Crippen molar-refractivity contribution in [3.8, 4) is 5.75 Å². The SMILES string of the molecule is CCOc1ccc(NS(=O)(=O)c2cc(Cl)c(Cl)s2)cc1. The Morgan fingerprint density at radius 2 is 1.90 bits per heavy atom. The third-order valence-corrected chi connectivity index (χ3v) is 6.03. The van der Waals surface area contributed by atoms with Crippen molar-refractivity contribution >= 4 is 50.2 Å². The van der Waals surface area contributed by atoms with Gasteiger partial charge >= 0.3 is 0 Å². The highest BCUT2D eigenvalue weighted by molar-refractivity contribution is 7.94. The fourth-order valence-corrected chi connectivity index (χ4v) is 4.39. The third kappa shape index (κ3) is 3.58. The number of hydrogen-bond donors (Lipinski definition) is 1. The summed E-state index contributed by atoms with van der Waals surface area (Å²) in [6, 6.07) is 7.95. The molecule has 0 atom stereocenters. The number of ether oxygens (including phenoxy) is 1. The molecule has 0 saturated carbocycles. The first-order valence-corrected chi connectivity index (χ1v) is 8.68. The molecule has 0 aliphatic carbocycles. The molecule has 4 nitrogen and oxygen atoms in total. The summed E-state index contributed by atoms with van der Waals surface area (Å²) in [6.07, 6.45) is 0. The van der Waals surface area contributed by atoms with Crippen LogP contribution in [0.15, 0.2) is 34.5 Å². The van der Waals surface area contributed by atoms with E-state index in [-0.39, 0.29) is 13.6 Å². The Labute approximate surface area is 131 Å². The molecule has 0 radical (unpaired) electrons. The van der Waals surface area contributed by atoms with E-state index in [1.54, 1.807) is 24.3 Å². The van der Waals surface area contributed by atoms with Gasteiger partial charge in [-0.15, -0.1) is 11.3 Å². The summed E-state index contributed by atoms with van der Waals surface area (Å²) in [5.41, 5.74) is 0.439. The van der Waals surface area contributed by atoms with Crippen molar-refractivity contribution in [3.63, 3.8) is 0 Å².